The van der Waals surface area contributed by atoms with Crippen LogP contribution in [0, 0.1) is 15.9 Å². The van der Waals surface area contributed by atoms with Crippen molar-refractivity contribution in [2.45, 2.75) is 4.90 Å². The molecule has 1 aliphatic rings. The van der Waals surface area contributed by atoms with Gasteiger partial charge in [0.1, 0.15) is 5.82 Å². The van der Waals surface area contributed by atoms with Gasteiger partial charge in [0, 0.05) is 44.0 Å². The van der Waals surface area contributed by atoms with E-state index in [-0.39, 0.29) is 23.7 Å². The number of nitro benzene ring substituents is 1. The molecular weight excluding hydrogens is 407 g/mol. The normalized spacial score (nSPS) is 15.2. The molecule has 0 saturated carbocycles. The Morgan fingerprint density at radius 1 is 1.11 bits per heavy atom. The summed E-state index contributed by atoms with van der Waals surface area (Å²) in [6.07, 6.45) is 0. The zero-order valence-corrected chi connectivity index (χ0v) is 16.2. The van der Waals surface area contributed by atoms with Gasteiger partial charge in [-0.2, -0.15) is 4.31 Å². The summed E-state index contributed by atoms with van der Waals surface area (Å²) in [4.78, 5) is 12.2. The van der Waals surface area contributed by atoms with Crippen molar-refractivity contribution in [3.8, 4) is 0 Å². The molecule has 11 heteroatoms. The van der Waals surface area contributed by atoms with Crippen molar-refractivity contribution >= 4 is 38.7 Å². The van der Waals surface area contributed by atoms with Crippen LogP contribution in [0.2, 0.25) is 0 Å². The molecule has 2 aromatic carbocycles. The molecule has 1 saturated heterocycles. The van der Waals surface area contributed by atoms with Crippen LogP contribution in [0.3, 0.4) is 0 Å². The lowest BCUT2D eigenvalue weighted by Gasteiger charge is -2.35. The van der Waals surface area contributed by atoms with Gasteiger partial charge in [0.2, 0.25) is 10.0 Å². The van der Waals surface area contributed by atoms with Crippen LogP contribution in [0.4, 0.5) is 15.8 Å². The summed E-state index contributed by atoms with van der Waals surface area (Å²) in [5.41, 5.74) is 0.434. The molecule has 2 aromatic rings. The number of nitro groups is 1. The second-order valence-electron chi connectivity index (χ2n) is 6.08. The van der Waals surface area contributed by atoms with Crippen LogP contribution >= 0.6 is 12.2 Å². The number of halogens is 1. The lowest BCUT2D eigenvalue weighted by atomic mass is 10.3. The molecule has 1 heterocycles. The molecule has 0 amide bonds. The molecule has 8 nitrogen and oxygen atoms in total. The summed E-state index contributed by atoms with van der Waals surface area (Å²) >= 11 is 5.34. The van der Waals surface area contributed by atoms with E-state index in [9.17, 15) is 22.9 Å². The number of hydrogen-bond donors (Lipinski definition) is 1. The van der Waals surface area contributed by atoms with Gasteiger partial charge >= 0.3 is 0 Å². The molecule has 0 radical (unpaired) electrons. The minimum Gasteiger partial charge on any atom is -0.346 e. The third kappa shape index (κ3) is 4.43. The van der Waals surface area contributed by atoms with Gasteiger partial charge in [0.05, 0.1) is 9.82 Å². The van der Waals surface area contributed by atoms with Crippen molar-refractivity contribution in [3.63, 3.8) is 0 Å². The highest BCUT2D eigenvalue weighted by molar-refractivity contribution is 7.89. The van der Waals surface area contributed by atoms with E-state index < -0.39 is 20.8 Å². The Morgan fingerprint density at radius 2 is 1.75 bits per heavy atom. The van der Waals surface area contributed by atoms with Crippen LogP contribution in [0.25, 0.3) is 0 Å². The Kier molecular flexibility index (Phi) is 5.87. The summed E-state index contributed by atoms with van der Waals surface area (Å²) in [5, 5.41) is 14.2. The van der Waals surface area contributed by atoms with Crippen LogP contribution in [-0.4, -0.2) is 53.8 Å². The van der Waals surface area contributed by atoms with Gasteiger partial charge in [0.25, 0.3) is 5.69 Å². The van der Waals surface area contributed by atoms with Crippen molar-refractivity contribution in [1.82, 2.24) is 9.21 Å². The maximum absolute atomic E-state index is 13.0. The van der Waals surface area contributed by atoms with Crippen molar-refractivity contribution in [1.29, 1.82) is 0 Å². The van der Waals surface area contributed by atoms with Gasteiger partial charge in [-0.05, 0) is 42.5 Å². The number of benzene rings is 2. The zero-order valence-electron chi connectivity index (χ0n) is 14.6. The van der Waals surface area contributed by atoms with E-state index >= 15 is 0 Å². The Hall–Kier alpha value is -2.63. The fourth-order valence-corrected chi connectivity index (χ4v) is 4.51. The smallest absolute Gasteiger partial charge is 0.271 e. The molecule has 3 rings (SSSR count). The fourth-order valence-electron chi connectivity index (χ4n) is 2.79. The number of piperazine rings is 1. The minimum absolute atomic E-state index is 0.0413. The van der Waals surface area contributed by atoms with Gasteiger partial charge in [-0.3, -0.25) is 10.1 Å². The number of nitrogens with zero attached hydrogens (tertiary/aromatic N) is 3. The number of sulfonamides is 1. The van der Waals surface area contributed by atoms with E-state index in [1.807, 2.05) is 0 Å². The summed E-state index contributed by atoms with van der Waals surface area (Å²) in [7, 11) is -3.70. The first-order valence-electron chi connectivity index (χ1n) is 8.33. The number of hydrogen-bond acceptors (Lipinski definition) is 5. The summed E-state index contributed by atoms with van der Waals surface area (Å²) in [6, 6.07) is 10.7. The fraction of sp³-hybridized carbons (Fsp3) is 0.235. The number of rotatable bonds is 4. The second kappa shape index (κ2) is 8.17. The average Bonchev–Trinajstić information content (AvgIpc) is 2.68. The van der Waals surface area contributed by atoms with E-state index in [1.54, 1.807) is 17.0 Å². The van der Waals surface area contributed by atoms with Crippen LogP contribution in [0.1, 0.15) is 0 Å². The first-order chi connectivity index (χ1) is 13.3. The van der Waals surface area contributed by atoms with Crippen LogP contribution in [0.15, 0.2) is 53.4 Å². The maximum Gasteiger partial charge on any atom is 0.271 e. The highest BCUT2D eigenvalue weighted by Gasteiger charge is 2.29. The second-order valence-corrected chi connectivity index (χ2v) is 8.41. The number of thiocarbonyl (C=S) groups is 1. The SMILES string of the molecule is O=[N+]([O-])c1cccc(NC(=S)N2CCN(S(=O)(=O)c3ccc(F)cc3)CC2)c1. The molecule has 1 N–H and O–H groups in total. The van der Waals surface area contributed by atoms with E-state index in [0.717, 1.165) is 12.1 Å². The number of anilines is 1. The summed E-state index contributed by atoms with van der Waals surface area (Å²) < 4.78 is 39.6. The topological polar surface area (TPSA) is 95.8 Å². The number of non-ortho nitro benzene ring substituents is 1. The molecule has 1 aliphatic heterocycles. The summed E-state index contributed by atoms with van der Waals surface area (Å²) in [5.74, 6) is -0.499. The average molecular weight is 424 g/mol. The number of nitrogens with one attached hydrogen (secondary N) is 1. The van der Waals surface area contributed by atoms with Crippen LogP contribution < -0.4 is 5.32 Å². The van der Waals surface area contributed by atoms with Crippen LogP contribution in [-0.2, 0) is 10.0 Å². The largest absolute Gasteiger partial charge is 0.346 e. The Labute approximate surface area is 166 Å². The first kappa shape index (κ1) is 20.1. The molecule has 0 aliphatic carbocycles. The quantitative estimate of drug-likeness (QED) is 0.457. The minimum atomic E-state index is -3.70. The van der Waals surface area contributed by atoms with Crippen molar-refractivity contribution in [3.05, 3.63) is 64.5 Å². The van der Waals surface area contributed by atoms with E-state index in [0.29, 0.717) is 23.9 Å². The third-order valence-corrected chi connectivity index (χ3v) is 6.56. The van der Waals surface area contributed by atoms with Gasteiger partial charge < -0.3 is 10.2 Å². The van der Waals surface area contributed by atoms with Gasteiger partial charge in [-0.1, -0.05) is 6.07 Å². The molecule has 0 aromatic heterocycles. The standard InChI is InChI=1S/C17H17FN4O4S2/c18-13-4-6-16(7-5-13)28(25,26)21-10-8-20(9-11-21)17(27)19-14-2-1-3-15(12-14)22(23)24/h1-7,12H,8-11H2,(H,19,27). The van der Waals surface area contributed by atoms with E-state index in [2.05, 4.69) is 5.32 Å². The Balaban J connectivity index is 1.62. The maximum atomic E-state index is 13.0. The molecule has 148 valence electrons. The van der Waals surface area contributed by atoms with Crippen molar-refractivity contribution < 1.29 is 17.7 Å². The van der Waals surface area contributed by atoms with E-state index in [1.165, 1.54) is 28.6 Å². The lowest BCUT2D eigenvalue weighted by Crippen LogP contribution is -2.51. The molecule has 0 spiro atoms. The third-order valence-electron chi connectivity index (χ3n) is 4.29. The van der Waals surface area contributed by atoms with Crippen molar-refractivity contribution in [2.24, 2.45) is 0 Å². The monoisotopic (exact) mass is 424 g/mol. The predicted molar refractivity (Wildman–Crippen MR) is 106 cm³/mol. The first-order valence-corrected chi connectivity index (χ1v) is 10.2. The summed E-state index contributed by atoms with van der Waals surface area (Å²) in [6.45, 7) is 1.16. The molecule has 1 fully saturated rings. The van der Waals surface area contributed by atoms with Crippen molar-refractivity contribution in [2.75, 3.05) is 31.5 Å². The highest BCUT2D eigenvalue weighted by Crippen LogP contribution is 2.20. The molecule has 0 atom stereocenters. The van der Waals surface area contributed by atoms with Gasteiger partial charge in [0.15, 0.2) is 5.11 Å². The lowest BCUT2D eigenvalue weighted by molar-refractivity contribution is -0.384. The zero-order chi connectivity index (χ0) is 20.3. The van der Waals surface area contributed by atoms with Gasteiger partial charge in [-0.25, -0.2) is 12.8 Å². The van der Waals surface area contributed by atoms with Gasteiger partial charge in [-0.15, -0.1) is 0 Å². The van der Waals surface area contributed by atoms with E-state index in [4.69, 9.17) is 12.2 Å². The highest BCUT2D eigenvalue weighted by atomic mass is 32.2. The Morgan fingerprint density at radius 3 is 2.36 bits per heavy atom. The predicted octanol–water partition coefficient (Wildman–Crippen LogP) is 2.44. The Bertz CT molecular complexity index is 990. The molecule has 28 heavy (non-hydrogen) atoms. The molecular formula is C17H17FN4O4S2. The molecule has 0 bridgehead atoms. The molecule has 0 unspecified atom stereocenters. The van der Waals surface area contributed by atoms with Crippen LogP contribution in [0.5, 0.6) is 0 Å².